The first-order valence-electron chi connectivity index (χ1n) is 6.30. The highest BCUT2D eigenvalue weighted by Gasteiger charge is 2.22. The monoisotopic (exact) mass is 317 g/mol. The summed E-state index contributed by atoms with van der Waals surface area (Å²) in [6, 6.07) is 3.74. The molecule has 1 atom stereocenters. The summed E-state index contributed by atoms with van der Waals surface area (Å²) in [5.41, 5.74) is 5.53. The first-order chi connectivity index (χ1) is 10.6. The maximum atomic E-state index is 12.0. The summed E-state index contributed by atoms with van der Waals surface area (Å²) in [6.07, 6.45) is 2.02. The van der Waals surface area contributed by atoms with Crippen LogP contribution in [0.2, 0.25) is 0 Å². The third kappa shape index (κ3) is 2.79. The van der Waals surface area contributed by atoms with Gasteiger partial charge in [0.05, 0.1) is 4.88 Å². The molecule has 0 spiro atoms. The van der Waals surface area contributed by atoms with Gasteiger partial charge in [-0.15, -0.1) is 21.5 Å². The van der Waals surface area contributed by atoms with E-state index in [9.17, 15) is 4.79 Å². The van der Waals surface area contributed by atoms with Crippen LogP contribution in [0.15, 0.2) is 34.3 Å². The van der Waals surface area contributed by atoms with E-state index >= 15 is 0 Å². The Kier molecular flexibility index (Phi) is 3.79. The second-order valence-corrected chi connectivity index (χ2v) is 5.21. The fourth-order valence-electron chi connectivity index (χ4n) is 1.67. The fraction of sp³-hybridized carbons (Fsp3) is 0.154. The van der Waals surface area contributed by atoms with Crippen molar-refractivity contribution in [2.75, 3.05) is 5.73 Å². The second kappa shape index (κ2) is 5.90. The van der Waals surface area contributed by atoms with Crippen LogP contribution < -0.4 is 5.73 Å². The van der Waals surface area contributed by atoms with Crippen LogP contribution in [-0.2, 0) is 4.74 Å². The number of carbonyl (C=O) groups excluding carboxylic acids is 1. The van der Waals surface area contributed by atoms with Crippen molar-refractivity contribution in [1.82, 2.24) is 20.2 Å². The number of rotatable bonds is 4. The maximum Gasteiger partial charge on any atom is 0.361 e. The molecule has 0 saturated carbocycles. The molecular weight excluding hydrogens is 306 g/mol. The number of carbonyl (C=O) groups is 1. The van der Waals surface area contributed by atoms with Crippen molar-refractivity contribution in [3.63, 3.8) is 0 Å². The first-order valence-corrected chi connectivity index (χ1v) is 7.18. The van der Waals surface area contributed by atoms with Crippen molar-refractivity contribution >= 4 is 23.1 Å². The summed E-state index contributed by atoms with van der Waals surface area (Å²) < 4.78 is 10.7. The number of anilines is 1. The zero-order valence-corrected chi connectivity index (χ0v) is 12.3. The topological polar surface area (TPSA) is 117 Å². The largest absolute Gasteiger partial charge is 0.448 e. The number of nitrogens with zero attached hydrogens (tertiary/aromatic N) is 4. The van der Waals surface area contributed by atoms with Crippen LogP contribution in [0.1, 0.15) is 29.4 Å². The van der Waals surface area contributed by atoms with Crippen LogP contribution in [0.3, 0.4) is 0 Å². The Hall–Kier alpha value is -2.81. The molecule has 3 aromatic rings. The zero-order chi connectivity index (χ0) is 15.5. The van der Waals surface area contributed by atoms with Gasteiger partial charge in [-0.25, -0.2) is 14.8 Å². The molecule has 0 radical (unpaired) electrons. The van der Waals surface area contributed by atoms with E-state index in [2.05, 4.69) is 20.2 Å². The standard InChI is InChI=1S/C13H11N5O3S/c1-7(20-13(19)9-10(14)16-5-4-15-9)11-17-18-12(21-11)8-3-2-6-22-8/h2-7H,1H3,(H2,14,16)/t7-/m0/s1. The van der Waals surface area contributed by atoms with Gasteiger partial charge < -0.3 is 14.9 Å². The molecule has 0 fully saturated rings. The molecular formula is C13H11N5O3S. The highest BCUT2D eigenvalue weighted by molar-refractivity contribution is 7.13. The molecule has 0 aliphatic heterocycles. The molecule has 3 aromatic heterocycles. The molecule has 0 unspecified atom stereocenters. The lowest BCUT2D eigenvalue weighted by Crippen LogP contribution is -2.14. The minimum Gasteiger partial charge on any atom is -0.448 e. The minimum absolute atomic E-state index is 0.00417. The number of ether oxygens (including phenoxy) is 1. The molecule has 0 amide bonds. The molecule has 3 heterocycles. The Bertz CT molecular complexity index is 787. The highest BCUT2D eigenvalue weighted by Crippen LogP contribution is 2.26. The minimum atomic E-state index is -0.727. The van der Waals surface area contributed by atoms with Crippen LogP contribution in [0, 0.1) is 0 Å². The van der Waals surface area contributed by atoms with E-state index in [0.717, 1.165) is 4.88 Å². The third-order valence-corrected chi connectivity index (χ3v) is 3.58. The van der Waals surface area contributed by atoms with Gasteiger partial charge in [0.2, 0.25) is 0 Å². The highest BCUT2D eigenvalue weighted by atomic mass is 32.1. The number of hydrogen-bond donors (Lipinski definition) is 1. The number of esters is 1. The van der Waals surface area contributed by atoms with E-state index in [-0.39, 0.29) is 17.4 Å². The average Bonchev–Trinajstić information content (AvgIpc) is 3.18. The predicted octanol–water partition coefficient (Wildman–Crippen LogP) is 2.09. The number of nitrogen functional groups attached to an aromatic ring is 1. The summed E-state index contributed by atoms with van der Waals surface area (Å²) in [5.74, 6) is -0.121. The van der Waals surface area contributed by atoms with Gasteiger partial charge in [-0.2, -0.15) is 0 Å². The number of aromatic nitrogens is 4. The predicted molar refractivity (Wildman–Crippen MR) is 77.9 cm³/mol. The molecule has 2 N–H and O–H groups in total. The van der Waals surface area contributed by atoms with Gasteiger partial charge >= 0.3 is 5.97 Å². The van der Waals surface area contributed by atoms with Crippen LogP contribution in [0.5, 0.6) is 0 Å². The zero-order valence-electron chi connectivity index (χ0n) is 11.5. The van der Waals surface area contributed by atoms with E-state index < -0.39 is 12.1 Å². The Morgan fingerprint density at radius 2 is 2.18 bits per heavy atom. The van der Waals surface area contributed by atoms with Gasteiger partial charge in [-0.3, -0.25) is 0 Å². The molecule has 3 rings (SSSR count). The third-order valence-electron chi connectivity index (χ3n) is 2.72. The van der Waals surface area contributed by atoms with E-state index in [0.29, 0.717) is 5.89 Å². The van der Waals surface area contributed by atoms with Gasteiger partial charge in [0.1, 0.15) is 0 Å². The molecule has 9 heteroatoms. The van der Waals surface area contributed by atoms with E-state index in [4.69, 9.17) is 14.9 Å². The molecule has 0 bridgehead atoms. The van der Waals surface area contributed by atoms with Gasteiger partial charge in [0.15, 0.2) is 17.6 Å². The molecule has 112 valence electrons. The number of hydrogen-bond acceptors (Lipinski definition) is 9. The molecule has 8 nitrogen and oxygen atoms in total. The normalized spacial score (nSPS) is 12.0. The SMILES string of the molecule is C[C@H](OC(=O)c1nccnc1N)c1nnc(-c2cccs2)o1. The molecule has 0 aliphatic carbocycles. The summed E-state index contributed by atoms with van der Waals surface area (Å²) in [6.45, 7) is 1.62. The number of nitrogens with two attached hydrogens (primary N) is 1. The summed E-state index contributed by atoms with van der Waals surface area (Å²) in [4.78, 5) is 20.5. The Balaban J connectivity index is 1.74. The van der Waals surface area contributed by atoms with Crippen molar-refractivity contribution in [3.05, 3.63) is 41.5 Å². The maximum absolute atomic E-state index is 12.0. The van der Waals surface area contributed by atoms with Gasteiger partial charge in [-0.1, -0.05) is 6.07 Å². The molecule has 22 heavy (non-hydrogen) atoms. The van der Waals surface area contributed by atoms with Crippen LogP contribution in [0.4, 0.5) is 5.82 Å². The van der Waals surface area contributed by atoms with Crippen LogP contribution in [-0.4, -0.2) is 26.1 Å². The van der Waals surface area contributed by atoms with E-state index in [1.807, 2.05) is 17.5 Å². The molecule has 0 aliphatic rings. The van der Waals surface area contributed by atoms with Gasteiger partial charge in [-0.05, 0) is 18.4 Å². The number of thiophene rings is 1. The second-order valence-electron chi connectivity index (χ2n) is 4.26. The lowest BCUT2D eigenvalue weighted by Gasteiger charge is -2.09. The fourth-order valence-corrected chi connectivity index (χ4v) is 2.32. The van der Waals surface area contributed by atoms with Crippen molar-refractivity contribution in [2.24, 2.45) is 0 Å². The van der Waals surface area contributed by atoms with Crippen molar-refractivity contribution in [3.8, 4) is 10.8 Å². The molecule has 0 saturated heterocycles. The lowest BCUT2D eigenvalue weighted by atomic mass is 10.3. The summed E-state index contributed by atoms with van der Waals surface area (Å²) in [7, 11) is 0. The van der Waals surface area contributed by atoms with Crippen LogP contribution in [0.25, 0.3) is 10.8 Å². The van der Waals surface area contributed by atoms with E-state index in [1.54, 1.807) is 6.92 Å². The first kappa shape index (κ1) is 14.1. The van der Waals surface area contributed by atoms with Crippen molar-refractivity contribution in [1.29, 1.82) is 0 Å². The van der Waals surface area contributed by atoms with Crippen molar-refractivity contribution in [2.45, 2.75) is 13.0 Å². The quantitative estimate of drug-likeness (QED) is 0.727. The average molecular weight is 317 g/mol. The van der Waals surface area contributed by atoms with E-state index in [1.165, 1.54) is 23.7 Å². The Morgan fingerprint density at radius 3 is 2.91 bits per heavy atom. The molecule has 0 aromatic carbocycles. The Labute approximate surface area is 129 Å². The van der Waals surface area contributed by atoms with Gasteiger partial charge in [0, 0.05) is 12.4 Å². The summed E-state index contributed by atoms with van der Waals surface area (Å²) >= 11 is 1.47. The van der Waals surface area contributed by atoms with Gasteiger partial charge in [0.25, 0.3) is 11.8 Å². The lowest BCUT2D eigenvalue weighted by molar-refractivity contribution is 0.0274. The smallest absolute Gasteiger partial charge is 0.361 e. The van der Waals surface area contributed by atoms with Crippen molar-refractivity contribution < 1.29 is 13.9 Å². The van der Waals surface area contributed by atoms with Crippen LogP contribution >= 0.6 is 11.3 Å². The summed E-state index contributed by atoms with van der Waals surface area (Å²) in [5, 5.41) is 9.72. The Morgan fingerprint density at radius 1 is 1.36 bits per heavy atom.